The predicted octanol–water partition coefficient (Wildman–Crippen LogP) is 9.45. The first-order valence-electron chi connectivity index (χ1n) is 15.9. The molecule has 8 nitrogen and oxygen atoms in total. The molecule has 3 aromatic heterocycles. The Balaban J connectivity index is 0.000000890. The number of carbonyl (C=O) groups is 3. The Morgan fingerprint density at radius 1 is 0.760 bits per heavy atom. The van der Waals surface area contributed by atoms with E-state index in [2.05, 4.69) is 46.4 Å². The first kappa shape index (κ1) is 36.5. The van der Waals surface area contributed by atoms with Crippen molar-refractivity contribution in [2.75, 3.05) is 30.9 Å². The summed E-state index contributed by atoms with van der Waals surface area (Å²) in [6, 6.07) is 34.1. The second kappa shape index (κ2) is 16.7. The first-order valence-corrected chi connectivity index (χ1v) is 15.9. The van der Waals surface area contributed by atoms with Crippen molar-refractivity contribution in [2.24, 2.45) is 0 Å². The molecule has 254 valence electrons. The van der Waals surface area contributed by atoms with Gasteiger partial charge >= 0.3 is 0 Å². The van der Waals surface area contributed by atoms with E-state index in [9.17, 15) is 9.18 Å². The molecule has 0 radical (unpaired) electrons. The number of pyridine rings is 1. The van der Waals surface area contributed by atoms with E-state index >= 15 is 0 Å². The zero-order chi connectivity index (χ0) is 36.4. The van der Waals surface area contributed by atoms with Crippen LogP contribution in [-0.2, 0) is 9.59 Å². The van der Waals surface area contributed by atoms with E-state index < -0.39 is 0 Å². The van der Waals surface area contributed by atoms with Crippen molar-refractivity contribution in [1.82, 2.24) is 9.97 Å². The van der Waals surface area contributed by atoms with E-state index in [1.165, 1.54) is 17.0 Å². The van der Waals surface area contributed by atoms with Crippen molar-refractivity contribution in [1.29, 1.82) is 0 Å². The quantitative estimate of drug-likeness (QED) is 0.189. The summed E-state index contributed by atoms with van der Waals surface area (Å²) < 4.78 is 20.3. The summed E-state index contributed by atoms with van der Waals surface area (Å²) in [5, 5.41) is 1.81. The molecule has 7 rings (SSSR count). The molecule has 0 fully saturated rings. The highest BCUT2D eigenvalue weighted by Crippen LogP contribution is 2.42. The lowest BCUT2D eigenvalue weighted by Crippen LogP contribution is -2.27. The highest BCUT2D eigenvalue weighted by atomic mass is 19.1. The number of para-hydroxylation sites is 1. The lowest BCUT2D eigenvalue weighted by Gasteiger charge is -2.19. The van der Waals surface area contributed by atoms with Gasteiger partial charge in [-0.1, -0.05) is 56.3 Å². The number of nitrogens with zero attached hydrogens (tertiary/aromatic N) is 3. The number of hydrogen-bond acceptors (Lipinski definition) is 6. The molecule has 0 saturated heterocycles. The molecule has 0 unspecified atom stereocenters. The second-order valence-electron chi connectivity index (χ2n) is 11.0. The minimum absolute atomic E-state index is 0.280. The summed E-state index contributed by atoms with van der Waals surface area (Å²) in [5.41, 5.74) is 7.57. The third-order valence-corrected chi connectivity index (χ3v) is 7.92. The minimum Gasteiger partial charge on any atom is -0.455 e. The van der Waals surface area contributed by atoms with E-state index in [1.807, 2.05) is 82.8 Å². The summed E-state index contributed by atoms with van der Waals surface area (Å²) in [7, 11) is 5.66. The van der Waals surface area contributed by atoms with Crippen molar-refractivity contribution in [3.05, 3.63) is 127 Å². The van der Waals surface area contributed by atoms with Crippen LogP contribution in [0.25, 0.3) is 55.6 Å². The Labute approximate surface area is 290 Å². The third-order valence-electron chi connectivity index (χ3n) is 7.92. The number of aromatic nitrogens is 2. The van der Waals surface area contributed by atoms with Crippen molar-refractivity contribution in [2.45, 2.75) is 13.8 Å². The van der Waals surface area contributed by atoms with Crippen LogP contribution >= 0.6 is 0 Å². The van der Waals surface area contributed by atoms with E-state index in [-0.39, 0.29) is 11.7 Å². The molecule has 3 heterocycles. The van der Waals surface area contributed by atoms with Gasteiger partial charge in [-0.3, -0.25) is 9.69 Å². The normalized spacial score (nSPS) is 10.2. The third kappa shape index (κ3) is 7.37. The topological polar surface area (TPSA) is 99.5 Å². The number of hydrogen-bond donors (Lipinski definition) is 1. The van der Waals surface area contributed by atoms with Gasteiger partial charge in [0.05, 0.1) is 5.56 Å². The number of aromatic amines is 1. The molecule has 1 amide bonds. The molecule has 1 N–H and O–H groups in total. The van der Waals surface area contributed by atoms with Crippen LogP contribution in [0, 0.1) is 5.82 Å². The van der Waals surface area contributed by atoms with Crippen LogP contribution in [-0.4, -0.2) is 50.6 Å². The Bertz CT molecular complexity index is 2160. The summed E-state index contributed by atoms with van der Waals surface area (Å²) in [4.78, 5) is 41.7. The maximum absolute atomic E-state index is 14.2. The van der Waals surface area contributed by atoms with Crippen molar-refractivity contribution >= 4 is 52.9 Å². The molecule has 0 aliphatic rings. The number of fused-ring (bicyclic) bond motifs is 2. The van der Waals surface area contributed by atoms with Gasteiger partial charge in [0.25, 0.3) is 5.91 Å². The first-order chi connectivity index (χ1) is 24.4. The van der Waals surface area contributed by atoms with Gasteiger partial charge in [0, 0.05) is 72.2 Å². The summed E-state index contributed by atoms with van der Waals surface area (Å²) in [6.07, 6.45) is 1.65. The number of carbonyl (C=O) groups excluding carboxylic acids is 3. The maximum Gasteiger partial charge on any atom is 0.263 e. The van der Waals surface area contributed by atoms with Crippen molar-refractivity contribution in [3.8, 4) is 33.7 Å². The average Bonchev–Trinajstić information content (AvgIpc) is 3.79. The van der Waals surface area contributed by atoms with Crippen LogP contribution in [0.2, 0.25) is 0 Å². The summed E-state index contributed by atoms with van der Waals surface area (Å²) in [6.45, 7) is 8.00. The molecule has 7 aromatic rings. The fourth-order valence-electron chi connectivity index (χ4n) is 5.66. The Hall–Kier alpha value is -6.35. The SMILES string of the molecule is C=O.C=O.CC.CN(C)c1cc2oc(-c3ccc(F)cc3)c(C(=O)N(C)c3ccccn3)c2cc1-c1cccc(-c2cc3ccccc3[nH]2)c1. The van der Waals surface area contributed by atoms with Crippen molar-refractivity contribution in [3.63, 3.8) is 0 Å². The molecular formula is C41H39FN4O4. The molecule has 0 aliphatic carbocycles. The molecular weight excluding hydrogens is 631 g/mol. The number of anilines is 2. The van der Waals surface area contributed by atoms with E-state index in [0.29, 0.717) is 33.7 Å². The Kier molecular flexibility index (Phi) is 12.2. The molecule has 0 saturated carbocycles. The zero-order valence-corrected chi connectivity index (χ0v) is 28.7. The maximum atomic E-state index is 14.2. The zero-order valence-electron chi connectivity index (χ0n) is 28.7. The van der Waals surface area contributed by atoms with Gasteiger partial charge in [-0.2, -0.15) is 0 Å². The van der Waals surface area contributed by atoms with E-state index in [0.717, 1.165) is 39.0 Å². The number of H-pyrrole nitrogens is 1. The standard InChI is InChI=1S/C37H29FN4O2.C2H6.2CH2O/c1-41(2)32-22-33-29(21-28(32)24-10-8-11-25(19-24)31-20-26-9-4-5-12-30(26)40-31)35(36(44-33)23-14-16-27(38)17-15-23)37(43)42(3)34-13-6-7-18-39-34;3*1-2/h4-22,40H,1-3H3;1-2H3;2*1H2. The van der Waals surface area contributed by atoms with Gasteiger partial charge in [0.1, 0.15) is 36.6 Å². The van der Waals surface area contributed by atoms with Gasteiger partial charge in [-0.25, -0.2) is 9.37 Å². The Morgan fingerprint density at radius 2 is 1.44 bits per heavy atom. The fraction of sp³-hybridized carbons (Fsp3) is 0.122. The number of amides is 1. The number of rotatable bonds is 6. The lowest BCUT2D eigenvalue weighted by atomic mass is 9.96. The van der Waals surface area contributed by atoms with Crippen LogP contribution in [0.4, 0.5) is 15.9 Å². The Morgan fingerprint density at radius 3 is 2.10 bits per heavy atom. The second-order valence-corrected chi connectivity index (χ2v) is 11.0. The molecule has 9 heteroatoms. The van der Waals surface area contributed by atoms with Gasteiger partial charge in [0.2, 0.25) is 0 Å². The molecule has 0 atom stereocenters. The van der Waals surface area contributed by atoms with E-state index in [1.54, 1.807) is 37.5 Å². The number of nitrogens with one attached hydrogen (secondary N) is 1. The van der Waals surface area contributed by atoms with Crippen LogP contribution < -0.4 is 9.80 Å². The van der Waals surface area contributed by atoms with Crippen molar-refractivity contribution < 1.29 is 23.2 Å². The monoisotopic (exact) mass is 670 g/mol. The number of furan rings is 1. The van der Waals surface area contributed by atoms with Crippen LogP contribution in [0.1, 0.15) is 24.2 Å². The average molecular weight is 671 g/mol. The molecule has 0 aliphatic heterocycles. The van der Waals surface area contributed by atoms with Gasteiger partial charge in [-0.05, 0) is 71.8 Å². The highest BCUT2D eigenvalue weighted by Gasteiger charge is 2.27. The number of halogens is 1. The van der Waals surface area contributed by atoms with Gasteiger partial charge in [-0.15, -0.1) is 0 Å². The van der Waals surface area contributed by atoms with Crippen LogP contribution in [0.15, 0.2) is 120 Å². The molecule has 0 bridgehead atoms. The largest absolute Gasteiger partial charge is 0.455 e. The van der Waals surface area contributed by atoms with Gasteiger partial charge in [0.15, 0.2) is 0 Å². The van der Waals surface area contributed by atoms with Crippen LogP contribution in [0.5, 0.6) is 0 Å². The minimum atomic E-state index is -0.365. The summed E-state index contributed by atoms with van der Waals surface area (Å²) in [5.74, 6) is 0.238. The predicted molar refractivity (Wildman–Crippen MR) is 201 cm³/mol. The fourth-order valence-corrected chi connectivity index (χ4v) is 5.66. The summed E-state index contributed by atoms with van der Waals surface area (Å²) >= 11 is 0. The molecule has 0 spiro atoms. The van der Waals surface area contributed by atoms with E-state index in [4.69, 9.17) is 14.0 Å². The smallest absolute Gasteiger partial charge is 0.263 e. The lowest BCUT2D eigenvalue weighted by molar-refractivity contribution is -0.0987. The van der Waals surface area contributed by atoms with Crippen LogP contribution in [0.3, 0.4) is 0 Å². The molecule has 4 aromatic carbocycles. The molecule has 50 heavy (non-hydrogen) atoms. The highest BCUT2D eigenvalue weighted by molar-refractivity contribution is 6.18. The van der Waals surface area contributed by atoms with Gasteiger partial charge < -0.3 is 23.9 Å². The number of benzene rings is 4.